The summed E-state index contributed by atoms with van der Waals surface area (Å²) in [4.78, 5) is 36.4. The maximum Gasteiger partial charge on any atom is 0.321 e. The molecule has 7 heteroatoms. The number of hydrogen-bond acceptors (Lipinski definition) is 3. The van der Waals surface area contributed by atoms with Gasteiger partial charge in [0.05, 0.1) is 5.92 Å². The van der Waals surface area contributed by atoms with Crippen LogP contribution < -0.4 is 10.6 Å². The molecule has 2 rings (SSSR count). The smallest absolute Gasteiger partial charge is 0.321 e. The van der Waals surface area contributed by atoms with Crippen LogP contribution in [0.1, 0.15) is 26.7 Å². The lowest BCUT2D eigenvalue weighted by Gasteiger charge is -2.34. The molecule has 0 aromatic heterocycles. The van der Waals surface area contributed by atoms with Crippen molar-refractivity contribution in [2.24, 2.45) is 11.8 Å². The van der Waals surface area contributed by atoms with Gasteiger partial charge in [0.1, 0.15) is 0 Å². The van der Waals surface area contributed by atoms with E-state index in [4.69, 9.17) is 0 Å². The molecule has 0 aliphatic carbocycles. The number of aliphatic carboxylic acids is 1. The Labute approximate surface area is 141 Å². The minimum Gasteiger partial charge on any atom is -0.481 e. The Kier molecular flexibility index (Phi) is 5.78. The number of carbonyl (C=O) groups excluding carboxylic acids is 2. The third kappa shape index (κ3) is 4.71. The lowest BCUT2D eigenvalue weighted by molar-refractivity contribution is -0.143. The molecular weight excluding hydrogens is 310 g/mol. The van der Waals surface area contributed by atoms with Crippen LogP contribution in [0.15, 0.2) is 24.3 Å². The van der Waals surface area contributed by atoms with Crippen molar-refractivity contribution < 1.29 is 19.5 Å². The molecule has 1 saturated heterocycles. The summed E-state index contributed by atoms with van der Waals surface area (Å²) >= 11 is 0. The van der Waals surface area contributed by atoms with Gasteiger partial charge in [0.15, 0.2) is 0 Å². The van der Waals surface area contributed by atoms with E-state index in [0.29, 0.717) is 30.8 Å². The Morgan fingerprint density at radius 2 is 1.71 bits per heavy atom. The third-order valence-electron chi connectivity index (χ3n) is 4.04. The van der Waals surface area contributed by atoms with Crippen LogP contribution in [-0.2, 0) is 9.59 Å². The summed E-state index contributed by atoms with van der Waals surface area (Å²) in [5.41, 5.74) is 1.26. The molecule has 0 radical (unpaired) electrons. The topological polar surface area (TPSA) is 98.7 Å². The number of carbonyl (C=O) groups is 3. The molecule has 0 saturated carbocycles. The lowest BCUT2D eigenvalue weighted by Crippen LogP contribution is -2.47. The van der Waals surface area contributed by atoms with Gasteiger partial charge in [-0.05, 0) is 36.6 Å². The van der Waals surface area contributed by atoms with Crippen molar-refractivity contribution in [1.82, 2.24) is 4.90 Å². The van der Waals surface area contributed by atoms with E-state index in [0.717, 1.165) is 0 Å². The Hall–Kier alpha value is -2.57. The zero-order chi connectivity index (χ0) is 17.7. The second-order valence-electron chi connectivity index (χ2n) is 6.19. The van der Waals surface area contributed by atoms with Gasteiger partial charge in [-0.25, -0.2) is 4.79 Å². The summed E-state index contributed by atoms with van der Waals surface area (Å²) in [6.07, 6.45) is 0.987. The van der Waals surface area contributed by atoms with Crippen molar-refractivity contribution in [2.45, 2.75) is 26.7 Å². The molecule has 0 bridgehead atoms. The number of hydrogen-bond donors (Lipinski definition) is 3. The molecule has 1 aliphatic rings. The van der Waals surface area contributed by atoms with Gasteiger partial charge >= 0.3 is 12.0 Å². The van der Waals surface area contributed by atoms with Crippen molar-refractivity contribution in [3.8, 4) is 0 Å². The Morgan fingerprint density at radius 1 is 1.12 bits per heavy atom. The van der Waals surface area contributed by atoms with Gasteiger partial charge in [-0.3, -0.25) is 9.59 Å². The standard InChI is InChI=1S/C17H23N3O4/c1-3-15(21)18-13-4-6-14(7-5-13)19-17(24)20-9-11(2)8-12(10-20)16(22)23/h4-7,11-12H,3,8-10H2,1-2H3,(H,18,21)(H,19,24)(H,22,23). The fourth-order valence-corrected chi connectivity index (χ4v) is 2.79. The number of piperidine rings is 1. The summed E-state index contributed by atoms with van der Waals surface area (Å²) < 4.78 is 0. The van der Waals surface area contributed by atoms with E-state index in [1.807, 2.05) is 6.92 Å². The first-order valence-corrected chi connectivity index (χ1v) is 8.07. The zero-order valence-electron chi connectivity index (χ0n) is 13.9. The molecule has 1 fully saturated rings. The van der Waals surface area contributed by atoms with Gasteiger partial charge in [-0.15, -0.1) is 0 Å². The molecule has 1 aromatic carbocycles. The monoisotopic (exact) mass is 333 g/mol. The van der Waals surface area contributed by atoms with E-state index in [1.54, 1.807) is 36.1 Å². The highest BCUT2D eigenvalue weighted by Crippen LogP contribution is 2.23. The predicted octanol–water partition coefficient (Wildman–Crippen LogP) is 2.61. The number of carboxylic acids is 1. The number of rotatable bonds is 4. The molecule has 3 N–H and O–H groups in total. The highest BCUT2D eigenvalue weighted by atomic mass is 16.4. The largest absolute Gasteiger partial charge is 0.481 e. The first kappa shape index (κ1) is 17.8. The molecule has 0 spiro atoms. The Morgan fingerprint density at radius 3 is 2.25 bits per heavy atom. The summed E-state index contributed by atoms with van der Waals surface area (Å²) in [7, 11) is 0. The van der Waals surface area contributed by atoms with Crippen molar-refractivity contribution >= 4 is 29.3 Å². The quantitative estimate of drug-likeness (QED) is 0.788. The van der Waals surface area contributed by atoms with Gasteiger partial charge in [-0.2, -0.15) is 0 Å². The van der Waals surface area contributed by atoms with Crippen LogP contribution in [0.4, 0.5) is 16.2 Å². The van der Waals surface area contributed by atoms with Gasteiger partial charge in [0.25, 0.3) is 0 Å². The summed E-state index contributed by atoms with van der Waals surface area (Å²) in [5.74, 6) is -1.31. The van der Waals surface area contributed by atoms with E-state index < -0.39 is 11.9 Å². The number of anilines is 2. The zero-order valence-corrected chi connectivity index (χ0v) is 13.9. The van der Waals surface area contributed by atoms with Gasteiger partial charge in [-0.1, -0.05) is 13.8 Å². The fourth-order valence-electron chi connectivity index (χ4n) is 2.79. The van der Waals surface area contributed by atoms with E-state index in [2.05, 4.69) is 10.6 Å². The molecule has 130 valence electrons. The second-order valence-corrected chi connectivity index (χ2v) is 6.19. The number of carboxylic acid groups (broad SMARTS) is 1. The first-order chi connectivity index (χ1) is 11.4. The average molecular weight is 333 g/mol. The van der Waals surface area contributed by atoms with Crippen LogP contribution in [-0.4, -0.2) is 41.0 Å². The molecule has 2 unspecified atom stereocenters. The number of urea groups is 1. The van der Waals surface area contributed by atoms with E-state index in [1.165, 1.54) is 0 Å². The summed E-state index contributed by atoms with van der Waals surface area (Å²) in [5, 5.41) is 14.7. The molecule has 24 heavy (non-hydrogen) atoms. The number of benzene rings is 1. The molecule has 1 aromatic rings. The van der Waals surface area contributed by atoms with Crippen molar-refractivity contribution in [1.29, 1.82) is 0 Å². The van der Waals surface area contributed by atoms with Crippen LogP contribution in [0.5, 0.6) is 0 Å². The van der Waals surface area contributed by atoms with Gasteiger partial charge in [0, 0.05) is 30.9 Å². The highest BCUT2D eigenvalue weighted by Gasteiger charge is 2.31. The molecule has 3 amide bonds. The predicted molar refractivity (Wildman–Crippen MR) is 90.9 cm³/mol. The van der Waals surface area contributed by atoms with Crippen molar-refractivity contribution in [2.75, 3.05) is 23.7 Å². The SMILES string of the molecule is CCC(=O)Nc1ccc(NC(=O)N2CC(C)CC(C(=O)O)C2)cc1. The van der Waals surface area contributed by atoms with Crippen LogP contribution in [0.2, 0.25) is 0 Å². The lowest BCUT2D eigenvalue weighted by atomic mass is 9.91. The minimum absolute atomic E-state index is 0.0752. The van der Waals surface area contributed by atoms with Gasteiger partial charge in [0.2, 0.25) is 5.91 Å². The van der Waals surface area contributed by atoms with Crippen LogP contribution in [0.25, 0.3) is 0 Å². The number of nitrogens with zero attached hydrogens (tertiary/aromatic N) is 1. The second kappa shape index (κ2) is 7.81. The molecule has 2 atom stereocenters. The Balaban J connectivity index is 1.96. The number of likely N-dealkylation sites (tertiary alicyclic amines) is 1. The maximum atomic E-state index is 12.3. The average Bonchev–Trinajstić information content (AvgIpc) is 2.55. The fraction of sp³-hybridized carbons (Fsp3) is 0.471. The molecule has 7 nitrogen and oxygen atoms in total. The minimum atomic E-state index is -0.865. The maximum absolute atomic E-state index is 12.3. The summed E-state index contributed by atoms with van der Waals surface area (Å²) in [6, 6.07) is 6.51. The van der Waals surface area contributed by atoms with Crippen molar-refractivity contribution in [3.05, 3.63) is 24.3 Å². The van der Waals surface area contributed by atoms with Crippen LogP contribution in [0, 0.1) is 11.8 Å². The van der Waals surface area contributed by atoms with E-state index in [-0.39, 0.29) is 24.4 Å². The normalized spacial score (nSPS) is 20.3. The molecule has 1 heterocycles. The van der Waals surface area contributed by atoms with E-state index >= 15 is 0 Å². The number of nitrogens with one attached hydrogen (secondary N) is 2. The highest BCUT2D eigenvalue weighted by molar-refractivity contribution is 5.92. The summed E-state index contributed by atoms with van der Waals surface area (Å²) in [6.45, 7) is 4.48. The van der Waals surface area contributed by atoms with Crippen molar-refractivity contribution in [3.63, 3.8) is 0 Å². The molecule has 1 aliphatic heterocycles. The molecular formula is C17H23N3O4. The van der Waals surface area contributed by atoms with Crippen LogP contribution in [0.3, 0.4) is 0 Å². The van der Waals surface area contributed by atoms with Crippen LogP contribution >= 0.6 is 0 Å². The third-order valence-corrected chi connectivity index (χ3v) is 4.04. The number of amides is 3. The van der Waals surface area contributed by atoms with Gasteiger partial charge < -0.3 is 20.6 Å². The van der Waals surface area contributed by atoms with E-state index in [9.17, 15) is 19.5 Å². The Bertz CT molecular complexity index is 615. The first-order valence-electron chi connectivity index (χ1n) is 8.07.